The van der Waals surface area contributed by atoms with Crippen LogP contribution in [0, 0.1) is 0 Å². The lowest BCUT2D eigenvalue weighted by atomic mass is 9.80. The summed E-state index contributed by atoms with van der Waals surface area (Å²) in [6.45, 7) is 15.5. The number of benzene rings is 3. The summed E-state index contributed by atoms with van der Waals surface area (Å²) in [5.41, 5.74) is 3.56. The molecule has 0 N–H and O–H groups in total. The van der Waals surface area contributed by atoms with Crippen molar-refractivity contribution in [1.82, 2.24) is 0 Å². The summed E-state index contributed by atoms with van der Waals surface area (Å²) in [4.78, 5) is 0. The quantitative estimate of drug-likeness (QED) is 0.287. The highest BCUT2D eigenvalue weighted by Gasteiger charge is 2.28. The molecule has 4 heteroatoms. The van der Waals surface area contributed by atoms with Crippen molar-refractivity contribution >= 4 is 8.60 Å². The summed E-state index contributed by atoms with van der Waals surface area (Å²) in [5.74, 6) is 2.35. The fraction of sp³-hybridized carbons (Fsp3) is 0.400. The minimum absolute atomic E-state index is 0.0541. The fourth-order valence-corrected chi connectivity index (χ4v) is 4.68. The van der Waals surface area contributed by atoms with Crippen molar-refractivity contribution in [3.05, 3.63) is 89.5 Å². The van der Waals surface area contributed by atoms with Crippen molar-refractivity contribution < 1.29 is 13.6 Å². The summed E-state index contributed by atoms with van der Waals surface area (Å²) in [6, 6.07) is 24.4. The van der Waals surface area contributed by atoms with E-state index < -0.39 is 8.60 Å². The fourth-order valence-electron chi connectivity index (χ4n) is 3.61. The molecule has 3 nitrogen and oxygen atoms in total. The van der Waals surface area contributed by atoms with E-state index in [0.717, 1.165) is 42.1 Å². The van der Waals surface area contributed by atoms with Gasteiger partial charge in [-0.3, -0.25) is 0 Å². The van der Waals surface area contributed by atoms with Crippen molar-refractivity contribution in [3.63, 3.8) is 0 Å². The SMILES string of the molecule is CCCCc1ccccc1OP(Oc1ccccc1)Oc1ccc(C(C)(C)C)cc1C(C)(C)C. The van der Waals surface area contributed by atoms with Gasteiger partial charge in [-0.1, -0.05) is 103 Å². The van der Waals surface area contributed by atoms with Gasteiger partial charge in [0.25, 0.3) is 0 Å². The third-order valence-electron chi connectivity index (χ3n) is 5.69. The van der Waals surface area contributed by atoms with E-state index in [1.165, 1.54) is 11.1 Å². The second-order valence-corrected chi connectivity index (χ2v) is 11.7. The molecule has 0 aromatic heterocycles. The standard InChI is InChI=1S/C30H39O3P/c1-8-9-15-23-16-13-14-19-27(23)32-34(31-25-17-11-10-12-18-25)33-28-21-20-24(29(2,3)4)22-26(28)30(5,6)7/h10-14,16-22H,8-9,15H2,1-7H3. The Morgan fingerprint density at radius 3 is 1.97 bits per heavy atom. The van der Waals surface area contributed by atoms with Gasteiger partial charge in [0.05, 0.1) is 0 Å². The summed E-state index contributed by atoms with van der Waals surface area (Å²) < 4.78 is 19.2. The Labute approximate surface area is 207 Å². The molecule has 0 saturated carbocycles. The largest absolute Gasteiger partial charge is 0.530 e. The van der Waals surface area contributed by atoms with Gasteiger partial charge in [0, 0.05) is 5.56 Å². The van der Waals surface area contributed by atoms with Gasteiger partial charge in [-0.2, -0.15) is 0 Å². The van der Waals surface area contributed by atoms with Gasteiger partial charge in [-0.05, 0) is 59.1 Å². The molecule has 0 saturated heterocycles. The Hall–Kier alpha value is -2.51. The summed E-state index contributed by atoms with van der Waals surface area (Å²) in [5, 5.41) is 0. The van der Waals surface area contributed by atoms with Crippen molar-refractivity contribution in [2.45, 2.75) is 78.6 Å². The molecule has 0 aliphatic rings. The monoisotopic (exact) mass is 478 g/mol. The maximum Gasteiger partial charge on any atom is 0.530 e. The zero-order valence-electron chi connectivity index (χ0n) is 21.7. The van der Waals surface area contributed by atoms with Crippen LogP contribution in [0.3, 0.4) is 0 Å². The number of hydrogen-bond donors (Lipinski definition) is 0. The van der Waals surface area contributed by atoms with E-state index in [4.69, 9.17) is 13.6 Å². The first-order valence-electron chi connectivity index (χ1n) is 12.2. The number of para-hydroxylation sites is 2. The predicted octanol–water partition coefficient (Wildman–Crippen LogP) is 9.39. The minimum atomic E-state index is -1.72. The molecule has 0 bridgehead atoms. The first kappa shape index (κ1) is 26.1. The zero-order valence-corrected chi connectivity index (χ0v) is 22.6. The highest BCUT2D eigenvalue weighted by molar-refractivity contribution is 7.43. The Bertz CT molecular complexity index is 1050. The van der Waals surface area contributed by atoms with Crippen molar-refractivity contribution in [2.75, 3.05) is 0 Å². The molecule has 3 rings (SSSR count). The molecule has 0 radical (unpaired) electrons. The van der Waals surface area contributed by atoms with Crippen LogP contribution < -0.4 is 13.6 Å². The normalized spacial score (nSPS) is 12.8. The second kappa shape index (κ2) is 11.3. The average molecular weight is 479 g/mol. The van der Waals surface area contributed by atoms with Gasteiger partial charge < -0.3 is 13.6 Å². The minimum Gasteiger partial charge on any atom is -0.409 e. The van der Waals surface area contributed by atoms with E-state index in [-0.39, 0.29) is 10.8 Å². The molecule has 0 aliphatic carbocycles. The molecule has 1 unspecified atom stereocenters. The number of unbranched alkanes of at least 4 members (excludes halogenated alkanes) is 1. The predicted molar refractivity (Wildman–Crippen MR) is 144 cm³/mol. The van der Waals surface area contributed by atoms with Gasteiger partial charge in [0.15, 0.2) is 0 Å². The van der Waals surface area contributed by atoms with Crippen molar-refractivity contribution in [3.8, 4) is 17.2 Å². The van der Waals surface area contributed by atoms with Crippen molar-refractivity contribution in [2.24, 2.45) is 0 Å². The maximum atomic E-state index is 6.53. The molecule has 0 fully saturated rings. The molecule has 0 heterocycles. The van der Waals surface area contributed by atoms with Gasteiger partial charge >= 0.3 is 8.60 Å². The molecule has 34 heavy (non-hydrogen) atoms. The summed E-state index contributed by atoms with van der Waals surface area (Å²) in [6.07, 6.45) is 3.21. The maximum absolute atomic E-state index is 6.53. The van der Waals surface area contributed by atoms with Crippen molar-refractivity contribution in [1.29, 1.82) is 0 Å². The molecule has 0 spiro atoms. The van der Waals surface area contributed by atoms with Crippen LogP contribution in [-0.4, -0.2) is 0 Å². The Morgan fingerprint density at radius 1 is 0.676 bits per heavy atom. The first-order chi connectivity index (χ1) is 16.1. The molecule has 0 amide bonds. The molecule has 3 aromatic rings. The van der Waals surface area contributed by atoms with Gasteiger partial charge in [0.2, 0.25) is 0 Å². The van der Waals surface area contributed by atoms with Crippen LogP contribution in [0.5, 0.6) is 17.2 Å². The third-order valence-corrected chi connectivity index (χ3v) is 6.75. The molecule has 1 atom stereocenters. The molecular formula is C30H39O3P. The molecular weight excluding hydrogens is 439 g/mol. The number of aryl methyl sites for hydroxylation is 1. The lowest BCUT2D eigenvalue weighted by molar-refractivity contribution is 0.380. The topological polar surface area (TPSA) is 27.7 Å². The zero-order chi connectivity index (χ0) is 24.8. The highest BCUT2D eigenvalue weighted by atomic mass is 31.2. The first-order valence-corrected chi connectivity index (χ1v) is 13.3. The number of rotatable bonds is 9. The van der Waals surface area contributed by atoms with E-state index in [0.29, 0.717) is 0 Å². The van der Waals surface area contributed by atoms with Crippen LogP contribution in [-0.2, 0) is 17.3 Å². The van der Waals surface area contributed by atoms with E-state index in [2.05, 4.69) is 78.8 Å². The third kappa shape index (κ3) is 7.24. The van der Waals surface area contributed by atoms with Gasteiger partial charge in [0.1, 0.15) is 17.2 Å². The smallest absolute Gasteiger partial charge is 0.409 e. The molecule has 3 aromatic carbocycles. The average Bonchev–Trinajstić information content (AvgIpc) is 2.78. The van der Waals surface area contributed by atoms with Crippen LogP contribution in [0.1, 0.15) is 78.0 Å². The highest BCUT2D eigenvalue weighted by Crippen LogP contribution is 2.46. The number of hydrogen-bond acceptors (Lipinski definition) is 3. The Morgan fingerprint density at radius 2 is 1.32 bits per heavy atom. The van der Waals surface area contributed by atoms with E-state index in [9.17, 15) is 0 Å². The van der Waals surface area contributed by atoms with Crippen LogP contribution in [0.15, 0.2) is 72.8 Å². The summed E-state index contributed by atoms with van der Waals surface area (Å²) in [7, 11) is -1.72. The Kier molecular flexibility index (Phi) is 8.66. The molecule has 0 aliphatic heterocycles. The van der Waals surface area contributed by atoms with Crippen LogP contribution >= 0.6 is 8.60 Å². The lowest BCUT2D eigenvalue weighted by Crippen LogP contribution is -2.17. The Balaban J connectivity index is 1.97. The lowest BCUT2D eigenvalue weighted by Gasteiger charge is -2.28. The molecule has 182 valence electrons. The van der Waals surface area contributed by atoms with E-state index in [1.807, 2.05) is 42.5 Å². The summed E-state index contributed by atoms with van der Waals surface area (Å²) >= 11 is 0. The van der Waals surface area contributed by atoms with Crippen LogP contribution in [0.25, 0.3) is 0 Å². The van der Waals surface area contributed by atoms with Gasteiger partial charge in [-0.25, -0.2) is 0 Å². The van der Waals surface area contributed by atoms with E-state index >= 15 is 0 Å². The van der Waals surface area contributed by atoms with Gasteiger partial charge in [-0.15, -0.1) is 0 Å². The van der Waals surface area contributed by atoms with Crippen LogP contribution in [0.2, 0.25) is 0 Å². The second-order valence-electron chi connectivity index (χ2n) is 10.7. The van der Waals surface area contributed by atoms with E-state index in [1.54, 1.807) is 0 Å². The van der Waals surface area contributed by atoms with Crippen LogP contribution in [0.4, 0.5) is 0 Å².